The van der Waals surface area contributed by atoms with Crippen LogP contribution < -0.4 is 5.32 Å². The number of rotatable bonds is 8. The maximum absolute atomic E-state index is 13.9. The maximum Gasteiger partial charge on any atom is 0.254 e. The molecule has 144 valence electrons. The van der Waals surface area contributed by atoms with Crippen molar-refractivity contribution < 1.29 is 18.4 Å². The minimum atomic E-state index is -0.599. The average Bonchev–Trinajstić information content (AvgIpc) is 2.63. The fourth-order valence-corrected chi connectivity index (χ4v) is 2.74. The molecule has 2 aromatic rings. The third kappa shape index (κ3) is 6.16. The summed E-state index contributed by atoms with van der Waals surface area (Å²) in [4.78, 5) is 25.9. The summed E-state index contributed by atoms with van der Waals surface area (Å²) >= 11 is 0. The molecule has 0 atom stereocenters. The van der Waals surface area contributed by atoms with E-state index >= 15 is 0 Å². The Hall–Kier alpha value is -2.76. The highest BCUT2D eigenvalue weighted by atomic mass is 19.1. The fourth-order valence-electron chi connectivity index (χ4n) is 2.74. The van der Waals surface area contributed by atoms with Gasteiger partial charge in [0.15, 0.2) is 0 Å². The molecule has 0 fully saturated rings. The summed E-state index contributed by atoms with van der Waals surface area (Å²) in [6, 6.07) is 9.91. The monoisotopic (exact) mass is 374 g/mol. The quantitative estimate of drug-likeness (QED) is 0.678. The molecule has 0 heterocycles. The molecule has 4 nitrogen and oxygen atoms in total. The van der Waals surface area contributed by atoms with Gasteiger partial charge in [-0.2, -0.15) is 0 Å². The number of amides is 2. The first-order valence-electron chi connectivity index (χ1n) is 9.01. The average molecular weight is 374 g/mol. The number of anilines is 1. The molecule has 2 amide bonds. The lowest BCUT2D eigenvalue weighted by Gasteiger charge is -2.23. The number of nitrogens with zero attached hydrogens (tertiary/aromatic N) is 1. The van der Waals surface area contributed by atoms with Gasteiger partial charge in [0, 0.05) is 25.6 Å². The van der Waals surface area contributed by atoms with Gasteiger partial charge < -0.3 is 10.2 Å². The lowest BCUT2D eigenvalue weighted by Crippen LogP contribution is -2.31. The molecule has 0 spiro atoms. The summed E-state index contributed by atoms with van der Waals surface area (Å²) in [5.41, 5.74) is 1.08. The molecule has 2 rings (SSSR count). The van der Waals surface area contributed by atoms with E-state index in [4.69, 9.17) is 0 Å². The summed E-state index contributed by atoms with van der Waals surface area (Å²) in [7, 11) is 0. The van der Waals surface area contributed by atoms with Gasteiger partial charge in [0.2, 0.25) is 5.91 Å². The summed E-state index contributed by atoms with van der Waals surface area (Å²) in [6.07, 6.45) is 2.83. The number of hydrogen-bond donors (Lipinski definition) is 1. The minimum Gasteiger partial charge on any atom is -0.334 e. The van der Waals surface area contributed by atoms with E-state index in [0.717, 1.165) is 24.8 Å². The van der Waals surface area contributed by atoms with Crippen LogP contribution in [0.2, 0.25) is 0 Å². The van der Waals surface area contributed by atoms with E-state index in [9.17, 15) is 18.4 Å². The maximum atomic E-state index is 13.9. The Labute approximate surface area is 158 Å². The zero-order valence-corrected chi connectivity index (χ0v) is 15.6. The van der Waals surface area contributed by atoms with Crippen LogP contribution in [0, 0.1) is 11.6 Å². The van der Waals surface area contributed by atoms with Gasteiger partial charge >= 0.3 is 0 Å². The van der Waals surface area contributed by atoms with Gasteiger partial charge in [-0.25, -0.2) is 8.78 Å². The summed E-state index contributed by atoms with van der Waals surface area (Å²) in [5, 5.41) is 2.39. The van der Waals surface area contributed by atoms with E-state index in [1.54, 1.807) is 17.0 Å². The van der Waals surface area contributed by atoms with Gasteiger partial charge in [0.05, 0.1) is 5.69 Å². The van der Waals surface area contributed by atoms with Crippen molar-refractivity contribution >= 4 is 17.5 Å². The topological polar surface area (TPSA) is 49.4 Å². The first kappa shape index (κ1) is 20.6. The Morgan fingerprint density at radius 1 is 1.04 bits per heavy atom. The van der Waals surface area contributed by atoms with Crippen molar-refractivity contribution in [2.75, 3.05) is 11.9 Å². The first-order valence-corrected chi connectivity index (χ1v) is 9.01. The minimum absolute atomic E-state index is 0.0244. The SMILES string of the molecule is CCCCCN(Cc1ccc(F)cc1)C(=O)c1ccc(F)c(NC(C)=O)c1. The third-order valence-corrected chi connectivity index (χ3v) is 4.13. The fraction of sp³-hybridized carbons (Fsp3) is 0.333. The van der Waals surface area contributed by atoms with Crippen molar-refractivity contribution in [3.63, 3.8) is 0 Å². The Bertz CT molecular complexity index is 791. The molecule has 0 aliphatic carbocycles. The Morgan fingerprint density at radius 3 is 2.37 bits per heavy atom. The van der Waals surface area contributed by atoms with Crippen LogP contribution in [0.3, 0.4) is 0 Å². The number of benzene rings is 2. The molecule has 6 heteroatoms. The van der Waals surface area contributed by atoms with Gasteiger partial charge in [-0.15, -0.1) is 0 Å². The van der Waals surface area contributed by atoms with Crippen molar-refractivity contribution in [1.82, 2.24) is 4.90 Å². The van der Waals surface area contributed by atoms with Gasteiger partial charge in [-0.1, -0.05) is 31.9 Å². The molecule has 2 aromatic carbocycles. The number of unbranched alkanes of at least 4 members (excludes halogenated alkanes) is 2. The van der Waals surface area contributed by atoms with E-state index in [1.807, 2.05) is 0 Å². The third-order valence-electron chi connectivity index (χ3n) is 4.13. The second-order valence-corrected chi connectivity index (χ2v) is 6.44. The lowest BCUT2D eigenvalue weighted by molar-refractivity contribution is -0.114. The molecular formula is C21H24F2N2O2. The highest BCUT2D eigenvalue weighted by Crippen LogP contribution is 2.19. The van der Waals surface area contributed by atoms with Crippen LogP contribution in [0.5, 0.6) is 0 Å². The predicted octanol–water partition coefficient (Wildman–Crippen LogP) is 4.76. The summed E-state index contributed by atoms with van der Waals surface area (Å²) in [6.45, 7) is 4.22. The van der Waals surface area contributed by atoms with E-state index in [2.05, 4.69) is 12.2 Å². The Morgan fingerprint density at radius 2 is 1.74 bits per heavy atom. The largest absolute Gasteiger partial charge is 0.334 e. The number of carbonyl (C=O) groups excluding carboxylic acids is 2. The van der Waals surface area contributed by atoms with Crippen LogP contribution >= 0.6 is 0 Å². The zero-order chi connectivity index (χ0) is 19.8. The second-order valence-electron chi connectivity index (χ2n) is 6.44. The molecule has 0 aliphatic rings. The second kappa shape index (κ2) is 9.80. The highest BCUT2D eigenvalue weighted by Gasteiger charge is 2.18. The van der Waals surface area contributed by atoms with Crippen LogP contribution in [0.15, 0.2) is 42.5 Å². The molecular weight excluding hydrogens is 350 g/mol. The number of halogens is 2. The Kier molecular flexibility index (Phi) is 7.46. The number of nitrogens with one attached hydrogen (secondary N) is 1. The van der Waals surface area contributed by atoms with Crippen molar-refractivity contribution in [1.29, 1.82) is 0 Å². The van der Waals surface area contributed by atoms with Crippen molar-refractivity contribution in [3.05, 3.63) is 65.2 Å². The number of hydrogen-bond acceptors (Lipinski definition) is 2. The standard InChI is InChI=1S/C21H24F2N2O2/c1-3-4-5-12-25(14-16-6-9-18(22)10-7-16)21(27)17-8-11-19(23)20(13-17)24-15(2)26/h6-11,13H,3-5,12,14H2,1-2H3,(H,24,26). The zero-order valence-electron chi connectivity index (χ0n) is 15.6. The van der Waals surface area contributed by atoms with Crippen molar-refractivity contribution in [2.24, 2.45) is 0 Å². The molecule has 1 N–H and O–H groups in total. The van der Waals surface area contributed by atoms with Crippen LogP contribution in [0.1, 0.15) is 49.0 Å². The molecule has 0 unspecified atom stereocenters. The molecule has 0 bridgehead atoms. The first-order chi connectivity index (χ1) is 12.9. The molecule has 0 saturated heterocycles. The van der Waals surface area contributed by atoms with Gasteiger partial charge in [-0.3, -0.25) is 9.59 Å². The smallest absolute Gasteiger partial charge is 0.254 e. The summed E-state index contributed by atoms with van der Waals surface area (Å²) < 4.78 is 27.0. The molecule has 0 aliphatic heterocycles. The van der Waals surface area contributed by atoms with Gasteiger partial charge in [-0.05, 0) is 42.3 Å². The molecule has 0 saturated carbocycles. The molecule has 27 heavy (non-hydrogen) atoms. The van der Waals surface area contributed by atoms with Gasteiger partial charge in [0.25, 0.3) is 5.91 Å². The number of carbonyl (C=O) groups is 2. The van der Waals surface area contributed by atoms with Crippen molar-refractivity contribution in [3.8, 4) is 0 Å². The van der Waals surface area contributed by atoms with E-state index < -0.39 is 11.7 Å². The summed E-state index contributed by atoms with van der Waals surface area (Å²) in [5.74, 6) is -1.61. The van der Waals surface area contributed by atoms with Crippen LogP contribution in [0.25, 0.3) is 0 Å². The lowest BCUT2D eigenvalue weighted by atomic mass is 10.1. The molecule has 0 aromatic heterocycles. The van der Waals surface area contributed by atoms with E-state index in [-0.39, 0.29) is 17.4 Å². The van der Waals surface area contributed by atoms with Crippen LogP contribution in [0.4, 0.5) is 14.5 Å². The van der Waals surface area contributed by atoms with E-state index in [0.29, 0.717) is 18.7 Å². The normalized spacial score (nSPS) is 10.5. The van der Waals surface area contributed by atoms with E-state index in [1.165, 1.54) is 37.3 Å². The molecule has 0 radical (unpaired) electrons. The predicted molar refractivity (Wildman–Crippen MR) is 101 cm³/mol. The highest BCUT2D eigenvalue weighted by molar-refractivity contribution is 5.96. The Balaban J connectivity index is 2.23. The van der Waals surface area contributed by atoms with Crippen LogP contribution in [-0.2, 0) is 11.3 Å². The van der Waals surface area contributed by atoms with Crippen LogP contribution in [-0.4, -0.2) is 23.3 Å². The van der Waals surface area contributed by atoms with Crippen molar-refractivity contribution in [2.45, 2.75) is 39.7 Å². The van der Waals surface area contributed by atoms with Gasteiger partial charge in [0.1, 0.15) is 11.6 Å².